The van der Waals surface area contributed by atoms with Crippen LogP contribution >= 0.6 is 0 Å². The molecule has 1 aliphatic rings. The van der Waals surface area contributed by atoms with Crippen molar-refractivity contribution in [2.75, 3.05) is 7.11 Å². The first-order valence-electron chi connectivity index (χ1n) is 5.50. The summed E-state index contributed by atoms with van der Waals surface area (Å²) in [5, 5.41) is 0. The summed E-state index contributed by atoms with van der Waals surface area (Å²) in [5.41, 5.74) is 7.51. The maximum Gasteiger partial charge on any atom is 0.316 e. The van der Waals surface area contributed by atoms with Crippen LogP contribution in [-0.2, 0) is 14.9 Å². The van der Waals surface area contributed by atoms with Crippen molar-refractivity contribution in [2.24, 2.45) is 5.73 Å². The van der Waals surface area contributed by atoms with Crippen LogP contribution < -0.4 is 5.73 Å². The van der Waals surface area contributed by atoms with Gasteiger partial charge in [-0.1, -0.05) is 24.3 Å². The monoisotopic (exact) mass is 219 g/mol. The third-order valence-electron chi connectivity index (χ3n) is 3.46. The SMILES string of the molecule is COC(=O)C1(c2ccccc2C)CC(N)C1. The fraction of sp³-hybridized carbons (Fsp3) is 0.462. The van der Waals surface area contributed by atoms with Gasteiger partial charge in [-0.15, -0.1) is 0 Å². The van der Waals surface area contributed by atoms with Crippen LogP contribution in [0.2, 0.25) is 0 Å². The summed E-state index contributed by atoms with van der Waals surface area (Å²) in [6, 6.07) is 8.06. The summed E-state index contributed by atoms with van der Waals surface area (Å²) in [4.78, 5) is 11.9. The van der Waals surface area contributed by atoms with Gasteiger partial charge in [0.1, 0.15) is 0 Å². The summed E-state index contributed by atoms with van der Waals surface area (Å²) in [5.74, 6) is -0.163. The number of carbonyl (C=O) groups excluding carboxylic acids is 1. The number of nitrogens with two attached hydrogens (primary N) is 1. The largest absolute Gasteiger partial charge is 0.468 e. The van der Waals surface area contributed by atoms with Crippen LogP contribution in [0.25, 0.3) is 0 Å². The van der Waals surface area contributed by atoms with Gasteiger partial charge in [0, 0.05) is 6.04 Å². The second-order valence-electron chi connectivity index (χ2n) is 4.56. The van der Waals surface area contributed by atoms with Crippen LogP contribution in [0, 0.1) is 6.92 Å². The van der Waals surface area contributed by atoms with Crippen molar-refractivity contribution in [1.29, 1.82) is 0 Å². The number of ether oxygens (including phenoxy) is 1. The number of aryl methyl sites for hydroxylation is 1. The van der Waals surface area contributed by atoms with E-state index in [-0.39, 0.29) is 12.0 Å². The predicted octanol–water partition coefficient (Wildman–Crippen LogP) is 1.53. The maximum absolute atomic E-state index is 11.9. The summed E-state index contributed by atoms with van der Waals surface area (Å²) in [6.45, 7) is 2.02. The predicted molar refractivity (Wildman–Crippen MR) is 62.1 cm³/mol. The molecule has 1 fully saturated rings. The van der Waals surface area contributed by atoms with Gasteiger partial charge in [-0.25, -0.2) is 0 Å². The third-order valence-corrected chi connectivity index (χ3v) is 3.46. The zero-order chi connectivity index (χ0) is 11.8. The Balaban J connectivity index is 2.42. The van der Waals surface area contributed by atoms with Crippen LogP contribution in [0.1, 0.15) is 24.0 Å². The quantitative estimate of drug-likeness (QED) is 0.767. The summed E-state index contributed by atoms with van der Waals surface area (Å²) in [6.07, 6.45) is 1.37. The Kier molecular flexibility index (Phi) is 2.72. The molecule has 3 heteroatoms. The summed E-state index contributed by atoms with van der Waals surface area (Å²) < 4.78 is 4.92. The van der Waals surface area contributed by atoms with Crippen molar-refractivity contribution >= 4 is 5.97 Å². The molecule has 0 amide bonds. The number of methoxy groups -OCH3 is 1. The molecule has 86 valence electrons. The molecule has 0 spiro atoms. The molecule has 0 aromatic heterocycles. The standard InChI is InChI=1S/C13H17NO2/c1-9-5-3-4-6-11(9)13(12(15)16-2)7-10(14)8-13/h3-6,10H,7-8,14H2,1-2H3. The van der Waals surface area contributed by atoms with Gasteiger partial charge in [0.25, 0.3) is 0 Å². The Bertz CT molecular complexity index is 408. The highest BCUT2D eigenvalue weighted by Crippen LogP contribution is 2.45. The van der Waals surface area contributed by atoms with Gasteiger partial charge in [0.05, 0.1) is 12.5 Å². The van der Waals surface area contributed by atoms with Gasteiger partial charge in [0.2, 0.25) is 0 Å². The molecule has 0 unspecified atom stereocenters. The van der Waals surface area contributed by atoms with E-state index in [0.717, 1.165) is 11.1 Å². The van der Waals surface area contributed by atoms with Gasteiger partial charge in [0.15, 0.2) is 0 Å². The Labute approximate surface area is 95.6 Å². The molecule has 1 aliphatic carbocycles. The van der Waals surface area contributed by atoms with E-state index in [1.807, 2.05) is 31.2 Å². The topological polar surface area (TPSA) is 52.3 Å². The third kappa shape index (κ3) is 1.52. The van der Waals surface area contributed by atoms with E-state index in [1.54, 1.807) is 0 Å². The number of carbonyl (C=O) groups is 1. The summed E-state index contributed by atoms with van der Waals surface area (Å²) in [7, 11) is 1.44. The number of hydrogen-bond acceptors (Lipinski definition) is 3. The van der Waals surface area contributed by atoms with Gasteiger partial charge < -0.3 is 10.5 Å². The average Bonchev–Trinajstić information content (AvgIpc) is 2.24. The van der Waals surface area contributed by atoms with E-state index >= 15 is 0 Å². The highest BCUT2D eigenvalue weighted by atomic mass is 16.5. The minimum Gasteiger partial charge on any atom is -0.468 e. The zero-order valence-corrected chi connectivity index (χ0v) is 9.69. The molecule has 1 aromatic carbocycles. The van der Waals surface area contributed by atoms with E-state index in [2.05, 4.69) is 0 Å². The fourth-order valence-corrected chi connectivity index (χ4v) is 2.64. The first-order chi connectivity index (χ1) is 7.60. The van der Waals surface area contributed by atoms with Crippen LogP contribution in [-0.4, -0.2) is 19.1 Å². The van der Waals surface area contributed by atoms with Crippen molar-refractivity contribution in [3.8, 4) is 0 Å². The second-order valence-corrected chi connectivity index (χ2v) is 4.56. The Morgan fingerprint density at radius 1 is 1.44 bits per heavy atom. The average molecular weight is 219 g/mol. The smallest absolute Gasteiger partial charge is 0.316 e. The minimum absolute atomic E-state index is 0.110. The molecule has 0 heterocycles. The first-order valence-corrected chi connectivity index (χ1v) is 5.50. The van der Waals surface area contributed by atoms with Crippen molar-refractivity contribution < 1.29 is 9.53 Å². The maximum atomic E-state index is 11.9. The van der Waals surface area contributed by atoms with E-state index in [0.29, 0.717) is 12.8 Å². The molecule has 2 N–H and O–H groups in total. The van der Waals surface area contributed by atoms with Gasteiger partial charge in [-0.2, -0.15) is 0 Å². The van der Waals surface area contributed by atoms with Gasteiger partial charge in [-0.05, 0) is 30.9 Å². The molecule has 0 radical (unpaired) electrons. The van der Waals surface area contributed by atoms with Gasteiger partial charge >= 0.3 is 5.97 Å². The number of esters is 1. The number of benzene rings is 1. The Morgan fingerprint density at radius 3 is 2.56 bits per heavy atom. The minimum atomic E-state index is -0.500. The molecule has 1 aromatic rings. The number of hydrogen-bond donors (Lipinski definition) is 1. The molecular weight excluding hydrogens is 202 g/mol. The molecule has 0 aliphatic heterocycles. The van der Waals surface area contributed by atoms with Crippen LogP contribution in [0.3, 0.4) is 0 Å². The fourth-order valence-electron chi connectivity index (χ4n) is 2.64. The molecule has 0 saturated heterocycles. The highest BCUT2D eigenvalue weighted by molar-refractivity contribution is 5.85. The Morgan fingerprint density at radius 2 is 2.06 bits per heavy atom. The molecule has 16 heavy (non-hydrogen) atoms. The van der Waals surface area contributed by atoms with E-state index in [1.165, 1.54) is 7.11 Å². The van der Waals surface area contributed by atoms with E-state index < -0.39 is 5.41 Å². The Hall–Kier alpha value is -1.35. The zero-order valence-electron chi connectivity index (χ0n) is 9.69. The van der Waals surface area contributed by atoms with E-state index in [9.17, 15) is 4.79 Å². The lowest BCUT2D eigenvalue weighted by molar-refractivity contribution is -0.152. The van der Waals surface area contributed by atoms with E-state index in [4.69, 9.17) is 10.5 Å². The van der Waals surface area contributed by atoms with Crippen LogP contribution in [0.15, 0.2) is 24.3 Å². The first kappa shape index (κ1) is 11.1. The lowest BCUT2D eigenvalue weighted by Crippen LogP contribution is -2.54. The highest BCUT2D eigenvalue weighted by Gasteiger charge is 2.51. The lowest BCUT2D eigenvalue weighted by Gasteiger charge is -2.44. The second kappa shape index (κ2) is 3.91. The van der Waals surface area contributed by atoms with Crippen LogP contribution in [0.5, 0.6) is 0 Å². The van der Waals surface area contributed by atoms with Gasteiger partial charge in [-0.3, -0.25) is 4.79 Å². The van der Waals surface area contributed by atoms with Crippen molar-refractivity contribution in [1.82, 2.24) is 0 Å². The van der Waals surface area contributed by atoms with Crippen molar-refractivity contribution in [2.45, 2.75) is 31.2 Å². The molecule has 1 saturated carbocycles. The number of rotatable bonds is 2. The molecule has 0 atom stereocenters. The normalized spacial score (nSPS) is 28.3. The molecule has 2 rings (SSSR count). The van der Waals surface area contributed by atoms with Crippen molar-refractivity contribution in [3.05, 3.63) is 35.4 Å². The summed E-state index contributed by atoms with van der Waals surface area (Å²) >= 11 is 0. The van der Waals surface area contributed by atoms with Crippen molar-refractivity contribution in [3.63, 3.8) is 0 Å². The molecule has 0 bridgehead atoms. The molecule has 3 nitrogen and oxygen atoms in total. The van der Waals surface area contributed by atoms with Crippen LogP contribution in [0.4, 0.5) is 0 Å². The molecular formula is C13H17NO2. The lowest BCUT2D eigenvalue weighted by atomic mass is 9.61.